The number of aryl methyl sites for hydroxylation is 1. The van der Waals surface area contributed by atoms with Gasteiger partial charge in [0, 0.05) is 43.5 Å². The number of piperidine rings is 2. The zero-order chi connectivity index (χ0) is 27.7. The molecule has 6 atom stereocenters. The molecule has 0 aliphatic carbocycles. The molecule has 210 valence electrons. The van der Waals surface area contributed by atoms with Crippen molar-refractivity contribution in [3.05, 3.63) is 47.5 Å². The lowest BCUT2D eigenvalue weighted by Gasteiger charge is -2.54. The minimum Gasteiger partial charge on any atom is -0.496 e. The summed E-state index contributed by atoms with van der Waals surface area (Å²) in [6.45, 7) is 2.80. The van der Waals surface area contributed by atoms with E-state index >= 15 is 0 Å². The number of esters is 2. The standard InChI is InChI=1S/C31H39NO7/c1-18(33)38-30-17-27-21-10-13-29(37-4)25(15-21)24-14-20(9-12-28(24)36-3)8-11-23(35)16-22-6-5-7-26(32(22)27)31(30)39-19(2)34/h9-10,12-15,22-23,26-27,30-31,35H,5-8,11,16-17H2,1-4H3/t22-,23-,26+,27+,30+,31-/m1/s1. The molecule has 8 nitrogen and oxygen atoms in total. The monoisotopic (exact) mass is 537 g/mol. The first-order valence-electron chi connectivity index (χ1n) is 13.9. The summed E-state index contributed by atoms with van der Waals surface area (Å²) in [5.74, 6) is 0.701. The molecule has 4 bridgehead atoms. The number of hydrogen-bond acceptors (Lipinski definition) is 8. The van der Waals surface area contributed by atoms with E-state index < -0.39 is 24.3 Å². The zero-order valence-corrected chi connectivity index (χ0v) is 23.2. The van der Waals surface area contributed by atoms with Gasteiger partial charge in [0.15, 0.2) is 6.10 Å². The Bertz CT molecular complexity index is 1210. The van der Waals surface area contributed by atoms with Crippen LogP contribution in [0.4, 0.5) is 0 Å². The fourth-order valence-electron chi connectivity index (χ4n) is 6.93. The molecule has 5 rings (SSSR count). The summed E-state index contributed by atoms with van der Waals surface area (Å²) in [5.41, 5.74) is 4.03. The van der Waals surface area contributed by atoms with Crippen LogP contribution < -0.4 is 9.47 Å². The molecule has 0 saturated carbocycles. The minimum atomic E-state index is -0.569. The molecule has 0 aromatic heterocycles. The first-order valence-corrected chi connectivity index (χ1v) is 13.9. The SMILES string of the molecule is COc1ccc2cc1-c1cc(ccc1OC)[C@@H]1C[C@H](OC(C)=O)[C@H](OC(C)=O)[C@@H]3CCC[C@H](C[C@H](O)CC2)N13. The third-order valence-corrected chi connectivity index (χ3v) is 8.50. The van der Waals surface area contributed by atoms with Crippen LogP contribution in [-0.2, 0) is 25.5 Å². The molecule has 2 aromatic rings. The normalized spacial score (nSPS) is 28.5. The summed E-state index contributed by atoms with van der Waals surface area (Å²) in [7, 11) is 3.33. The quantitative estimate of drug-likeness (QED) is 0.566. The molecule has 0 unspecified atom stereocenters. The van der Waals surface area contributed by atoms with Crippen molar-refractivity contribution in [2.24, 2.45) is 0 Å². The lowest BCUT2D eigenvalue weighted by atomic mass is 9.78. The molecule has 3 aliphatic rings. The van der Waals surface area contributed by atoms with Crippen molar-refractivity contribution >= 4 is 11.9 Å². The number of carbonyl (C=O) groups is 2. The van der Waals surface area contributed by atoms with E-state index in [1.807, 2.05) is 12.1 Å². The Hall–Kier alpha value is -3.10. The van der Waals surface area contributed by atoms with Crippen molar-refractivity contribution in [1.82, 2.24) is 4.90 Å². The third kappa shape index (κ3) is 5.63. The zero-order valence-electron chi connectivity index (χ0n) is 23.2. The van der Waals surface area contributed by atoms with Crippen molar-refractivity contribution in [2.45, 2.75) is 95.2 Å². The first kappa shape index (κ1) is 27.5. The fourth-order valence-corrected chi connectivity index (χ4v) is 6.93. The summed E-state index contributed by atoms with van der Waals surface area (Å²) in [4.78, 5) is 26.8. The number of carbonyl (C=O) groups excluding carboxylic acids is 2. The number of fused-ring (bicyclic) bond motifs is 6. The molecule has 3 heterocycles. The van der Waals surface area contributed by atoms with Crippen LogP contribution >= 0.6 is 0 Å². The van der Waals surface area contributed by atoms with Gasteiger partial charge in [-0.05, 0) is 67.5 Å². The van der Waals surface area contributed by atoms with E-state index in [0.29, 0.717) is 19.3 Å². The average molecular weight is 538 g/mol. The number of benzene rings is 2. The minimum absolute atomic E-state index is 0.101. The number of rotatable bonds is 4. The van der Waals surface area contributed by atoms with Crippen LogP contribution in [-0.4, -0.2) is 66.6 Å². The Morgan fingerprint density at radius 3 is 2.26 bits per heavy atom. The van der Waals surface area contributed by atoms with Crippen molar-refractivity contribution in [2.75, 3.05) is 14.2 Å². The van der Waals surface area contributed by atoms with Crippen molar-refractivity contribution in [1.29, 1.82) is 0 Å². The van der Waals surface area contributed by atoms with Gasteiger partial charge >= 0.3 is 11.9 Å². The van der Waals surface area contributed by atoms with Gasteiger partial charge in [-0.2, -0.15) is 0 Å². The molecule has 2 aromatic carbocycles. The topological polar surface area (TPSA) is 94.5 Å². The number of methoxy groups -OCH3 is 2. The predicted molar refractivity (Wildman–Crippen MR) is 146 cm³/mol. The Balaban J connectivity index is 1.68. The van der Waals surface area contributed by atoms with Gasteiger partial charge in [0.05, 0.1) is 26.4 Å². The van der Waals surface area contributed by atoms with Crippen LogP contribution in [0, 0.1) is 0 Å². The summed E-state index contributed by atoms with van der Waals surface area (Å²) >= 11 is 0. The van der Waals surface area contributed by atoms with Crippen LogP contribution in [0.15, 0.2) is 36.4 Å². The Morgan fingerprint density at radius 2 is 1.56 bits per heavy atom. The molecule has 0 amide bonds. The second-order valence-corrected chi connectivity index (χ2v) is 11.0. The van der Waals surface area contributed by atoms with Gasteiger partial charge in [0.1, 0.15) is 17.6 Å². The first-order chi connectivity index (χ1) is 18.8. The number of nitrogens with zero attached hydrogens (tertiary/aromatic N) is 1. The summed E-state index contributed by atoms with van der Waals surface area (Å²) in [6.07, 6.45) is 3.59. The third-order valence-electron chi connectivity index (χ3n) is 8.50. The highest BCUT2D eigenvalue weighted by atomic mass is 16.6. The molecular weight excluding hydrogens is 498 g/mol. The highest BCUT2D eigenvalue weighted by Crippen LogP contribution is 2.47. The maximum Gasteiger partial charge on any atom is 0.303 e. The van der Waals surface area contributed by atoms with E-state index in [-0.39, 0.29) is 24.1 Å². The van der Waals surface area contributed by atoms with Crippen LogP contribution in [0.1, 0.15) is 69.5 Å². The maximum absolute atomic E-state index is 12.2. The summed E-state index contributed by atoms with van der Waals surface area (Å²) in [6, 6.07) is 12.2. The molecule has 39 heavy (non-hydrogen) atoms. The van der Waals surface area contributed by atoms with E-state index in [4.69, 9.17) is 18.9 Å². The van der Waals surface area contributed by atoms with Crippen LogP contribution in [0.2, 0.25) is 0 Å². The highest BCUT2D eigenvalue weighted by Gasteiger charge is 2.50. The number of aliphatic hydroxyl groups is 1. The van der Waals surface area contributed by atoms with Gasteiger partial charge in [-0.3, -0.25) is 14.5 Å². The van der Waals surface area contributed by atoms with Gasteiger partial charge in [0.2, 0.25) is 0 Å². The highest BCUT2D eigenvalue weighted by molar-refractivity contribution is 5.77. The second-order valence-electron chi connectivity index (χ2n) is 11.0. The molecule has 8 heteroatoms. The van der Waals surface area contributed by atoms with E-state index in [1.54, 1.807) is 14.2 Å². The number of hydrogen-bond donors (Lipinski definition) is 1. The summed E-state index contributed by atoms with van der Waals surface area (Å²) in [5, 5.41) is 11.2. The molecule has 2 saturated heterocycles. The van der Waals surface area contributed by atoms with E-state index in [2.05, 4.69) is 29.2 Å². The second kappa shape index (κ2) is 11.6. The van der Waals surface area contributed by atoms with E-state index in [0.717, 1.165) is 59.4 Å². The molecule has 1 N–H and O–H groups in total. The van der Waals surface area contributed by atoms with Crippen LogP contribution in [0.5, 0.6) is 11.5 Å². The van der Waals surface area contributed by atoms with Crippen molar-refractivity contribution < 1.29 is 33.6 Å². The lowest BCUT2D eigenvalue weighted by Crippen LogP contribution is -2.62. The maximum atomic E-state index is 12.2. The van der Waals surface area contributed by atoms with Crippen molar-refractivity contribution in [3.63, 3.8) is 0 Å². The average Bonchev–Trinajstić information content (AvgIpc) is 2.92. The Kier molecular flexibility index (Phi) is 8.14. The largest absolute Gasteiger partial charge is 0.496 e. The Labute approximate surface area is 230 Å². The molecular formula is C31H39NO7. The lowest BCUT2D eigenvalue weighted by molar-refractivity contribution is -0.191. The van der Waals surface area contributed by atoms with Gasteiger partial charge in [-0.15, -0.1) is 0 Å². The van der Waals surface area contributed by atoms with Gasteiger partial charge in [0.25, 0.3) is 0 Å². The van der Waals surface area contributed by atoms with Gasteiger partial charge in [-0.1, -0.05) is 18.6 Å². The molecule has 3 aliphatic heterocycles. The number of aliphatic hydroxyl groups excluding tert-OH is 1. The van der Waals surface area contributed by atoms with Gasteiger partial charge < -0.3 is 24.1 Å². The fraction of sp³-hybridized carbons (Fsp3) is 0.548. The van der Waals surface area contributed by atoms with E-state index in [9.17, 15) is 14.7 Å². The number of ether oxygens (including phenoxy) is 4. The Morgan fingerprint density at radius 1 is 0.872 bits per heavy atom. The molecule has 0 spiro atoms. The van der Waals surface area contributed by atoms with E-state index in [1.165, 1.54) is 13.8 Å². The van der Waals surface area contributed by atoms with Crippen molar-refractivity contribution in [3.8, 4) is 22.6 Å². The van der Waals surface area contributed by atoms with Crippen LogP contribution in [0.3, 0.4) is 0 Å². The van der Waals surface area contributed by atoms with Gasteiger partial charge in [-0.25, -0.2) is 0 Å². The predicted octanol–water partition coefficient (Wildman–Crippen LogP) is 4.60. The molecule has 0 radical (unpaired) electrons. The van der Waals surface area contributed by atoms with Crippen LogP contribution in [0.25, 0.3) is 11.1 Å². The molecule has 2 fully saturated rings. The summed E-state index contributed by atoms with van der Waals surface area (Å²) < 4.78 is 23.2. The smallest absolute Gasteiger partial charge is 0.303 e.